The number of nitrogens with zero attached hydrogens (tertiary/aromatic N) is 3. The van der Waals surface area contributed by atoms with Crippen molar-refractivity contribution in [2.75, 3.05) is 0 Å². The zero-order valence-corrected chi connectivity index (χ0v) is 7.72. The first kappa shape index (κ1) is 8.10. The summed E-state index contributed by atoms with van der Waals surface area (Å²) in [6, 6.07) is 6.14. The van der Waals surface area contributed by atoms with Gasteiger partial charge in [0.25, 0.3) is 0 Å². The first-order valence-electron chi connectivity index (χ1n) is 4.44. The van der Waals surface area contributed by atoms with Crippen LogP contribution in [0.3, 0.4) is 0 Å². The Labute approximate surface area is 77.6 Å². The molecule has 0 N–H and O–H groups in total. The Balaban J connectivity index is 1.93. The van der Waals surface area contributed by atoms with Gasteiger partial charge in [-0.1, -0.05) is 0 Å². The monoisotopic (exact) mass is 175 g/mol. The fourth-order valence-electron chi connectivity index (χ4n) is 1.36. The summed E-state index contributed by atoms with van der Waals surface area (Å²) in [7, 11) is 1.94. The van der Waals surface area contributed by atoms with Crippen molar-refractivity contribution in [3.05, 3.63) is 42.5 Å². The maximum absolute atomic E-state index is 4.31. The first-order chi connectivity index (χ1) is 6.34. The molecule has 3 nitrogen and oxygen atoms in total. The molecule has 3 heteroatoms. The summed E-state index contributed by atoms with van der Waals surface area (Å²) in [6.07, 6.45) is 7.12. The maximum atomic E-state index is 4.31. The average molecular weight is 175 g/mol. The summed E-state index contributed by atoms with van der Waals surface area (Å²) >= 11 is 0. The molecule has 0 radical (unpaired) electrons. The van der Waals surface area contributed by atoms with Crippen LogP contribution in [0.25, 0.3) is 0 Å². The third kappa shape index (κ3) is 1.99. The van der Waals surface area contributed by atoms with Crippen molar-refractivity contribution in [2.45, 2.75) is 13.0 Å². The van der Waals surface area contributed by atoms with Crippen LogP contribution in [0.1, 0.15) is 5.69 Å². The van der Waals surface area contributed by atoms with Gasteiger partial charge in [0.2, 0.25) is 0 Å². The van der Waals surface area contributed by atoms with E-state index in [1.807, 2.05) is 30.1 Å². The molecule has 0 saturated carbocycles. The molecule has 0 aliphatic heterocycles. The van der Waals surface area contributed by atoms with E-state index in [1.54, 1.807) is 0 Å². The average Bonchev–Trinajstić information content (AvgIpc) is 2.71. The van der Waals surface area contributed by atoms with Gasteiger partial charge in [0.05, 0.1) is 5.69 Å². The molecule has 0 fully saturated rings. The van der Waals surface area contributed by atoms with Gasteiger partial charge in [0.1, 0.15) is 0 Å². The number of aryl methyl sites for hydroxylation is 3. The lowest BCUT2D eigenvalue weighted by Gasteiger charge is -1.99. The Kier molecular flexibility index (Phi) is 2.17. The molecule has 2 aromatic heterocycles. The molecule has 68 valence electrons. The molecule has 0 atom stereocenters. The Hall–Kier alpha value is -1.51. The van der Waals surface area contributed by atoms with Crippen LogP contribution < -0.4 is 0 Å². The van der Waals surface area contributed by atoms with E-state index in [2.05, 4.69) is 28.1 Å². The molecule has 2 rings (SSSR count). The van der Waals surface area contributed by atoms with Crippen LogP contribution in [-0.4, -0.2) is 14.3 Å². The van der Waals surface area contributed by atoms with Crippen molar-refractivity contribution in [3.63, 3.8) is 0 Å². The summed E-state index contributed by atoms with van der Waals surface area (Å²) < 4.78 is 4.00. The Morgan fingerprint density at radius 1 is 1.23 bits per heavy atom. The summed E-state index contributed by atoms with van der Waals surface area (Å²) in [6.45, 7) is 1.00. The predicted molar refractivity (Wildman–Crippen MR) is 51.3 cm³/mol. The molecule has 13 heavy (non-hydrogen) atoms. The second kappa shape index (κ2) is 3.47. The van der Waals surface area contributed by atoms with Crippen molar-refractivity contribution in [2.24, 2.45) is 7.05 Å². The van der Waals surface area contributed by atoms with Crippen LogP contribution in [0.4, 0.5) is 0 Å². The molecule has 2 heterocycles. The van der Waals surface area contributed by atoms with Gasteiger partial charge in [-0.3, -0.25) is 4.68 Å². The minimum absolute atomic E-state index is 0.996. The van der Waals surface area contributed by atoms with Crippen molar-refractivity contribution >= 4 is 0 Å². The molecule has 0 aromatic carbocycles. The van der Waals surface area contributed by atoms with Crippen LogP contribution in [0.15, 0.2) is 36.8 Å². The summed E-state index contributed by atoms with van der Waals surface area (Å²) in [5, 5.41) is 4.31. The molecule has 0 spiro atoms. The van der Waals surface area contributed by atoms with Crippen LogP contribution >= 0.6 is 0 Å². The highest BCUT2D eigenvalue weighted by Crippen LogP contribution is 1.98. The van der Waals surface area contributed by atoms with Gasteiger partial charge in [-0.25, -0.2) is 0 Å². The molecule has 0 amide bonds. The van der Waals surface area contributed by atoms with Crippen molar-refractivity contribution in [1.29, 1.82) is 0 Å². The quantitative estimate of drug-likeness (QED) is 0.692. The fourth-order valence-corrected chi connectivity index (χ4v) is 1.36. The van der Waals surface area contributed by atoms with Crippen LogP contribution in [0, 0.1) is 0 Å². The number of aromatic nitrogens is 3. The van der Waals surface area contributed by atoms with E-state index in [0.29, 0.717) is 0 Å². The van der Waals surface area contributed by atoms with Crippen molar-refractivity contribution in [1.82, 2.24) is 14.3 Å². The minimum Gasteiger partial charge on any atom is -0.354 e. The maximum Gasteiger partial charge on any atom is 0.0642 e. The summed E-state index contributed by atoms with van der Waals surface area (Å²) in [5.41, 5.74) is 1.15. The van der Waals surface area contributed by atoms with Gasteiger partial charge in [0.15, 0.2) is 0 Å². The topological polar surface area (TPSA) is 22.8 Å². The van der Waals surface area contributed by atoms with Gasteiger partial charge in [-0.2, -0.15) is 5.10 Å². The Morgan fingerprint density at radius 3 is 2.62 bits per heavy atom. The van der Waals surface area contributed by atoms with E-state index in [-0.39, 0.29) is 0 Å². The van der Waals surface area contributed by atoms with Gasteiger partial charge in [-0.05, 0) is 18.2 Å². The lowest BCUT2D eigenvalue weighted by atomic mass is 10.3. The van der Waals surface area contributed by atoms with E-state index < -0.39 is 0 Å². The fraction of sp³-hybridized carbons (Fsp3) is 0.300. The van der Waals surface area contributed by atoms with Crippen molar-refractivity contribution < 1.29 is 0 Å². The van der Waals surface area contributed by atoms with Gasteiger partial charge in [0, 0.05) is 38.6 Å². The lowest BCUT2D eigenvalue weighted by Crippen LogP contribution is -1.99. The first-order valence-corrected chi connectivity index (χ1v) is 4.44. The SMILES string of the molecule is Cn1ccc(CCn2cccc2)n1. The second-order valence-electron chi connectivity index (χ2n) is 3.15. The number of hydrogen-bond acceptors (Lipinski definition) is 1. The largest absolute Gasteiger partial charge is 0.354 e. The third-order valence-electron chi connectivity index (χ3n) is 2.06. The van der Waals surface area contributed by atoms with Gasteiger partial charge < -0.3 is 4.57 Å². The molecular formula is C10H13N3. The summed E-state index contributed by atoms with van der Waals surface area (Å²) in [5.74, 6) is 0. The molecular weight excluding hydrogens is 162 g/mol. The zero-order chi connectivity index (χ0) is 9.10. The third-order valence-corrected chi connectivity index (χ3v) is 2.06. The highest BCUT2D eigenvalue weighted by molar-refractivity contribution is 4.99. The van der Waals surface area contributed by atoms with E-state index in [4.69, 9.17) is 0 Å². The van der Waals surface area contributed by atoms with E-state index >= 15 is 0 Å². The van der Waals surface area contributed by atoms with E-state index in [0.717, 1.165) is 18.7 Å². The standard InChI is InChI=1S/C10H13N3/c1-12-8-4-10(11-12)5-9-13-6-2-3-7-13/h2-4,6-8H,5,9H2,1H3. The van der Waals surface area contributed by atoms with Gasteiger partial charge in [-0.15, -0.1) is 0 Å². The van der Waals surface area contributed by atoms with E-state index in [9.17, 15) is 0 Å². The molecule has 0 saturated heterocycles. The molecule has 2 aromatic rings. The number of rotatable bonds is 3. The van der Waals surface area contributed by atoms with Crippen LogP contribution in [0.2, 0.25) is 0 Å². The highest BCUT2D eigenvalue weighted by atomic mass is 15.2. The highest BCUT2D eigenvalue weighted by Gasteiger charge is 1.96. The van der Waals surface area contributed by atoms with Gasteiger partial charge >= 0.3 is 0 Å². The molecule has 0 aliphatic rings. The van der Waals surface area contributed by atoms with Crippen LogP contribution in [0.5, 0.6) is 0 Å². The second-order valence-corrected chi connectivity index (χ2v) is 3.15. The minimum atomic E-state index is 0.996. The smallest absolute Gasteiger partial charge is 0.0642 e. The molecule has 0 unspecified atom stereocenters. The predicted octanol–water partition coefficient (Wildman–Crippen LogP) is 1.46. The Morgan fingerprint density at radius 2 is 2.00 bits per heavy atom. The normalized spacial score (nSPS) is 10.5. The van der Waals surface area contributed by atoms with E-state index in [1.165, 1.54) is 0 Å². The molecule has 0 aliphatic carbocycles. The Bertz CT molecular complexity index is 359. The van der Waals surface area contributed by atoms with Crippen molar-refractivity contribution in [3.8, 4) is 0 Å². The lowest BCUT2D eigenvalue weighted by molar-refractivity contribution is 0.667. The number of hydrogen-bond donors (Lipinski definition) is 0. The zero-order valence-electron chi connectivity index (χ0n) is 7.72. The molecule has 0 bridgehead atoms. The summed E-state index contributed by atoms with van der Waals surface area (Å²) in [4.78, 5) is 0. The van der Waals surface area contributed by atoms with Crippen LogP contribution in [-0.2, 0) is 20.0 Å².